The number of nitrogens with zero attached hydrogens (tertiary/aromatic N) is 3. The van der Waals surface area contributed by atoms with E-state index in [0.29, 0.717) is 22.2 Å². The summed E-state index contributed by atoms with van der Waals surface area (Å²) in [6.45, 7) is 0. The number of benzene rings is 1. The van der Waals surface area contributed by atoms with Gasteiger partial charge >= 0.3 is 0 Å². The molecule has 0 aliphatic rings. The van der Waals surface area contributed by atoms with Crippen LogP contribution in [0.15, 0.2) is 42.9 Å². The highest BCUT2D eigenvalue weighted by Crippen LogP contribution is 2.30. The highest BCUT2D eigenvalue weighted by molar-refractivity contribution is 6.32. The van der Waals surface area contributed by atoms with Gasteiger partial charge in [0.1, 0.15) is 17.8 Å². The van der Waals surface area contributed by atoms with Gasteiger partial charge in [-0.1, -0.05) is 11.6 Å². The molecular weight excluding hydrogens is 252 g/mol. The maximum atomic E-state index is 6.04. The molecule has 5 nitrogen and oxygen atoms in total. The van der Waals surface area contributed by atoms with Crippen molar-refractivity contribution < 1.29 is 4.74 Å². The van der Waals surface area contributed by atoms with E-state index in [1.165, 1.54) is 6.33 Å². The first-order valence-corrected chi connectivity index (χ1v) is 5.62. The Bertz CT molecular complexity index is 710. The largest absolute Gasteiger partial charge is 0.454 e. The number of nitrogen functional groups attached to an aromatic ring is 1. The lowest BCUT2D eigenvalue weighted by molar-refractivity contribution is 0.479. The molecule has 3 rings (SSSR count). The van der Waals surface area contributed by atoms with Crippen LogP contribution in [-0.4, -0.2) is 14.6 Å². The minimum atomic E-state index is 0.466. The third-order valence-corrected chi connectivity index (χ3v) is 2.73. The summed E-state index contributed by atoms with van der Waals surface area (Å²) in [7, 11) is 0. The van der Waals surface area contributed by atoms with E-state index in [-0.39, 0.29) is 0 Å². The van der Waals surface area contributed by atoms with E-state index in [9.17, 15) is 0 Å². The minimum Gasteiger partial charge on any atom is -0.454 e. The maximum Gasteiger partial charge on any atom is 0.155 e. The van der Waals surface area contributed by atoms with Crippen molar-refractivity contribution in [1.29, 1.82) is 0 Å². The molecular formula is C12H9ClN4O. The van der Waals surface area contributed by atoms with Crippen molar-refractivity contribution in [1.82, 2.24) is 14.6 Å². The molecule has 0 aliphatic heterocycles. The third-order valence-electron chi connectivity index (χ3n) is 2.43. The smallest absolute Gasteiger partial charge is 0.155 e. The Morgan fingerprint density at radius 1 is 1.22 bits per heavy atom. The van der Waals surface area contributed by atoms with Gasteiger partial charge in [-0.15, -0.1) is 0 Å². The molecule has 0 radical (unpaired) electrons. The van der Waals surface area contributed by atoms with E-state index in [1.54, 1.807) is 35.0 Å². The van der Waals surface area contributed by atoms with E-state index >= 15 is 0 Å². The number of ether oxygens (including phenoxy) is 1. The monoisotopic (exact) mass is 260 g/mol. The molecule has 0 saturated carbocycles. The summed E-state index contributed by atoms with van der Waals surface area (Å²) in [6.07, 6.45) is 3.21. The van der Waals surface area contributed by atoms with Gasteiger partial charge < -0.3 is 10.5 Å². The second-order valence-corrected chi connectivity index (χ2v) is 4.13. The number of anilines is 1. The van der Waals surface area contributed by atoms with Gasteiger partial charge in [-0.05, 0) is 30.3 Å². The van der Waals surface area contributed by atoms with Crippen LogP contribution < -0.4 is 10.5 Å². The predicted octanol–water partition coefficient (Wildman–Crippen LogP) is 2.76. The van der Waals surface area contributed by atoms with Crippen LogP contribution in [0, 0.1) is 0 Å². The van der Waals surface area contributed by atoms with Crippen molar-refractivity contribution in [2.24, 2.45) is 0 Å². The molecule has 0 unspecified atom stereocenters. The number of hydrogen-bond acceptors (Lipinski definition) is 4. The minimum absolute atomic E-state index is 0.466. The third kappa shape index (κ3) is 1.96. The molecule has 2 aromatic heterocycles. The average molecular weight is 261 g/mol. The first-order chi connectivity index (χ1) is 8.72. The summed E-state index contributed by atoms with van der Waals surface area (Å²) in [5, 5.41) is 4.50. The Balaban J connectivity index is 1.95. The molecule has 18 heavy (non-hydrogen) atoms. The fraction of sp³-hybridized carbons (Fsp3) is 0. The van der Waals surface area contributed by atoms with Crippen molar-refractivity contribution in [3.05, 3.63) is 47.9 Å². The Morgan fingerprint density at radius 3 is 2.94 bits per heavy atom. The van der Waals surface area contributed by atoms with Crippen molar-refractivity contribution in [3.8, 4) is 11.5 Å². The molecule has 2 N–H and O–H groups in total. The summed E-state index contributed by atoms with van der Waals surface area (Å²) in [5.41, 5.74) is 6.97. The zero-order chi connectivity index (χ0) is 12.5. The number of halogens is 1. The fourth-order valence-corrected chi connectivity index (χ4v) is 1.81. The molecule has 1 aromatic carbocycles. The SMILES string of the molecule is Nc1ccc(Oc2ccc3ncnn3c2)c(Cl)c1. The zero-order valence-corrected chi connectivity index (χ0v) is 10.0. The van der Waals surface area contributed by atoms with Crippen molar-refractivity contribution in [2.75, 3.05) is 5.73 Å². The van der Waals surface area contributed by atoms with Gasteiger partial charge in [0.2, 0.25) is 0 Å². The summed E-state index contributed by atoms with van der Waals surface area (Å²) in [4.78, 5) is 4.05. The van der Waals surface area contributed by atoms with Gasteiger partial charge in [0, 0.05) is 5.69 Å². The fourth-order valence-electron chi connectivity index (χ4n) is 1.59. The van der Waals surface area contributed by atoms with E-state index in [2.05, 4.69) is 10.1 Å². The number of aromatic nitrogens is 3. The highest BCUT2D eigenvalue weighted by Gasteiger charge is 2.05. The molecule has 0 fully saturated rings. The molecule has 3 aromatic rings. The van der Waals surface area contributed by atoms with Gasteiger partial charge in [-0.2, -0.15) is 5.10 Å². The van der Waals surface area contributed by atoms with Gasteiger partial charge in [0.25, 0.3) is 0 Å². The molecule has 0 spiro atoms. The average Bonchev–Trinajstić information content (AvgIpc) is 2.80. The van der Waals surface area contributed by atoms with Crippen molar-refractivity contribution in [2.45, 2.75) is 0 Å². The van der Waals surface area contributed by atoms with Crippen LogP contribution in [0.4, 0.5) is 5.69 Å². The first kappa shape index (κ1) is 10.9. The van der Waals surface area contributed by atoms with Gasteiger partial charge in [0.05, 0.1) is 11.2 Å². The van der Waals surface area contributed by atoms with E-state index in [0.717, 1.165) is 5.65 Å². The second-order valence-electron chi connectivity index (χ2n) is 3.72. The van der Waals surface area contributed by atoms with Crippen LogP contribution in [0.25, 0.3) is 5.65 Å². The lowest BCUT2D eigenvalue weighted by Gasteiger charge is -2.07. The van der Waals surface area contributed by atoms with Gasteiger partial charge in [0.15, 0.2) is 5.65 Å². The quantitative estimate of drug-likeness (QED) is 0.720. The number of pyridine rings is 1. The number of hydrogen-bond donors (Lipinski definition) is 1. The number of fused-ring (bicyclic) bond motifs is 1. The Labute approximate surface area is 108 Å². The lowest BCUT2D eigenvalue weighted by atomic mass is 10.3. The highest BCUT2D eigenvalue weighted by atomic mass is 35.5. The zero-order valence-electron chi connectivity index (χ0n) is 9.25. The molecule has 0 aliphatic carbocycles. The molecule has 90 valence electrons. The van der Waals surface area contributed by atoms with Crippen molar-refractivity contribution >= 4 is 22.9 Å². The normalized spacial score (nSPS) is 10.7. The topological polar surface area (TPSA) is 65.4 Å². The van der Waals surface area contributed by atoms with Crippen LogP contribution in [0.1, 0.15) is 0 Å². The first-order valence-electron chi connectivity index (χ1n) is 5.25. The van der Waals surface area contributed by atoms with Crippen LogP contribution in [0.3, 0.4) is 0 Å². The standard InChI is InChI=1S/C12H9ClN4O/c13-10-5-8(14)1-3-11(10)18-9-2-4-12-15-7-16-17(12)6-9/h1-7H,14H2. The van der Waals surface area contributed by atoms with Crippen LogP contribution >= 0.6 is 11.6 Å². The van der Waals surface area contributed by atoms with Crippen LogP contribution in [-0.2, 0) is 0 Å². The summed E-state index contributed by atoms with van der Waals surface area (Å²) in [6, 6.07) is 8.72. The Morgan fingerprint density at radius 2 is 2.11 bits per heavy atom. The molecule has 0 bridgehead atoms. The van der Waals surface area contributed by atoms with E-state index < -0.39 is 0 Å². The summed E-state index contributed by atoms with van der Waals surface area (Å²) < 4.78 is 7.29. The lowest BCUT2D eigenvalue weighted by Crippen LogP contribution is -1.91. The molecule has 2 heterocycles. The van der Waals surface area contributed by atoms with Gasteiger partial charge in [-0.3, -0.25) is 0 Å². The number of rotatable bonds is 2. The molecule has 6 heteroatoms. The van der Waals surface area contributed by atoms with Crippen LogP contribution in [0.5, 0.6) is 11.5 Å². The molecule has 0 atom stereocenters. The Kier molecular flexibility index (Phi) is 2.53. The van der Waals surface area contributed by atoms with Crippen LogP contribution in [0.2, 0.25) is 5.02 Å². The van der Waals surface area contributed by atoms with E-state index in [4.69, 9.17) is 22.1 Å². The Hall–Kier alpha value is -2.27. The van der Waals surface area contributed by atoms with Crippen molar-refractivity contribution in [3.63, 3.8) is 0 Å². The van der Waals surface area contributed by atoms with Gasteiger partial charge in [-0.25, -0.2) is 9.50 Å². The molecule has 0 amide bonds. The summed E-state index contributed by atoms with van der Waals surface area (Å²) >= 11 is 6.04. The number of nitrogens with two attached hydrogens (primary N) is 1. The second kappa shape index (κ2) is 4.19. The van der Waals surface area contributed by atoms with E-state index in [1.807, 2.05) is 6.07 Å². The predicted molar refractivity (Wildman–Crippen MR) is 68.9 cm³/mol. The maximum absolute atomic E-state index is 6.04. The molecule has 0 saturated heterocycles. The summed E-state index contributed by atoms with van der Waals surface area (Å²) in [5.74, 6) is 1.17.